The van der Waals surface area contributed by atoms with Crippen LogP contribution in [-0.2, 0) is 9.53 Å². The van der Waals surface area contributed by atoms with Crippen molar-refractivity contribution in [3.63, 3.8) is 0 Å². The van der Waals surface area contributed by atoms with Gasteiger partial charge >= 0.3 is 5.97 Å². The number of esters is 1. The van der Waals surface area contributed by atoms with Gasteiger partial charge in [-0.2, -0.15) is 0 Å². The first kappa shape index (κ1) is 18.3. The normalized spacial score (nSPS) is 22.6. The van der Waals surface area contributed by atoms with Crippen LogP contribution in [0.1, 0.15) is 20.3 Å². The predicted octanol–water partition coefficient (Wildman–Crippen LogP) is 1.08. The minimum absolute atomic E-state index is 0. The second-order valence-electron chi connectivity index (χ2n) is 3.80. The van der Waals surface area contributed by atoms with Crippen molar-refractivity contribution in [1.29, 1.82) is 0 Å². The Balaban J connectivity index is 0. The number of hydrogen-bond donors (Lipinski definition) is 1. The Morgan fingerprint density at radius 2 is 2.19 bits per heavy atom. The van der Waals surface area contributed by atoms with Gasteiger partial charge in [-0.05, 0) is 13.3 Å². The second kappa shape index (κ2) is 9.05. The molecule has 0 radical (unpaired) electrons. The second-order valence-corrected chi connectivity index (χ2v) is 3.80. The number of nitrogens with zero attached hydrogens (tertiary/aromatic N) is 1. The van der Waals surface area contributed by atoms with Gasteiger partial charge in [0.15, 0.2) is 0 Å². The molecule has 98 valence electrons. The van der Waals surface area contributed by atoms with Crippen LogP contribution in [0.3, 0.4) is 0 Å². The van der Waals surface area contributed by atoms with E-state index >= 15 is 0 Å². The zero-order valence-electron chi connectivity index (χ0n) is 10.1. The quantitative estimate of drug-likeness (QED) is 0.781. The number of methoxy groups -OCH3 is 1. The molecule has 1 fully saturated rings. The summed E-state index contributed by atoms with van der Waals surface area (Å²) >= 11 is 0. The van der Waals surface area contributed by atoms with Gasteiger partial charge in [-0.3, -0.25) is 9.69 Å². The highest BCUT2D eigenvalue weighted by molar-refractivity contribution is 5.85. The van der Waals surface area contributed by atoms with Crippen molar-refractivity contribution >= 4 is 30.8 Å². The number of nitrogens with one attached hydrogen (secondary N) is 1. The van der Waals surface area contributed by atoms with Crippen LogP contribution in [0.2, 0.25) is 0 Å². The molecule has 2 atom stereocenters. The van der Waals surface area contributed by atoms with Crippen LogP contribution in [0, 0.1) is 0 Å². The summed E-state index contributed by atoms with van der Waals surface area (Å²) in [6.07, 6.45) is 0.819. The van der Waals surface area contributed by atoms with Crippen molar-refractivity contribution in [2.24, 2.45) is 0 Å². The number of ether oxygens (including phenoxy) is 1. The Labute approximate surface area is 110 Å². The van der Waals surface area contributed by atoms with Gasteiger partial charge in [0.25, 0.3) is 0 Å². The molecule has 1 N–H and O–H groups in total. The van der Waals surface area contributed by atoms with E-state index in [1.54, 1.807) is 0 Å². The molecule has 6 heteroatoms. The third kappa shape index (κ3) is 4.87. The maximum absolute atomic E-state index is 11.5. The Morgan fingerprint density at radius 3 is 2.62 bits per heavy atom. The van der Waals surface area contributed by atoms with Crippen molar-refractivity contribution < 1.29 is 9.53 Å². The lowest BCUT2D eigenvalue weighted by atomic mass is 10.1. The lowest BCUT2D eigenvalue weighted by Crippen LogP contribution is -2.54. The highest BCUT2D eigenvalue weighted by Crippen LogP contribution is 2.09. The topological polar surface area (TPSA) is 41.6 Å². The molecular weight excluding hydrogens is 251 g/mol. The summed E-state index contributed by atoms with van der Waals surface area (Å²) in [5, 5.41) is 3.35. The van der Waals surface area contributed by atoms with E-state index in [2.05, 4.69) is 17.1 Å². The third-order valence-corrected chi connectivity index (χ3v) is 2.70. The van der Waals surface area contributed by atoms with Crippen molar-refractivity contribution in [3.8, 4) is 0 Å². The summed E-state index contributed by atoms with van der Waals surface area (Å²) in [6, 6.07) is 0.395. The van der Waals surface area contributed by atoms with Gasteiger partial charge in [0.1, 0.15) is 6.04 Å². The molecule has 4 nitrogen and oxygen atoms in total. The van der Waals surface area contributed by atoms with Crippen molar-refractivity contribution in [3.05, 3.63) is 0 Å². The predicted molar refractivity (Wildman–Crippen MR) is 69.6 cm³/mol. The van der Waals surface area contributed by atoms with Crippen LogP contribution in [0.5, 0.6) is 0 Å². The molecule has 0 aromatic heterocycles. The summed E-state index contributed by atoms with van der Waals surface area (Å²) in [6.45, 7) is 6.96. The average molecular weight is 273 g/mol. The van der Waals surface area contributed by atoms with Crippen molar-refractivity contribution in [2.75, 3.05) is 26.7 Å². The number of halogens is 2. The number of piperazine rings is 1. The molecule has 0 saturated carbocycles. The molecule has 1 aliphatic heterocycles. The Hall–Kier alpha value is -0.0300. The zero-order chi connectivity index (χ0) is 10.6. The SMILES string of the molecule is CCC(C(=O)OC)N1CCN[C@H](C)C1.Cl.Cl. The lowest BCUT2D eigenvalue weighted by Gasteiger charge is -2.35. The minimum atomic E-state index is -0.110. The Morgan fingerprint density at radius 1 is 1.56 bits per heavy atom. The molecule has 1 heterocycles. The number of rotatable bonds is 3. The zero-order valence-corrected chi connectivity index (χ0v) is 11.7. The van der Waals surface area contributed by atoms with Crippen LogP contribution in [0.25, 0.3) is 0 Å². The van der Waals surface area contributed by atoms with E-state index in [9.17, 15) is 4.79 Å². The fourth-order valence-electron chi connectivity index (χ4n) is 1.96. The van der Waals surface area contributed by atoms with Crippen LogP contribution >= 0.6 is 24.8 Å². The molecule has 1 unspecified atom stereocenters. The summed E-state index contributed by atoms with van der Waals surface area (Å²) in [7, 11) is 1.45. The summed E-state index contributed by atoms with van der Waals surface area (Å²) in [4.78, 5) is 13.7. The van der Waals surface area contributed by atoms with Gasteiger partial charge in [-0.15, -0.1) is 24.8 Å². The largest absolute Gasteiger partial charge is 0.468 e. The van der Waals surface area contributed by atoms with E-state index in [0.717, 1.165) is 26.1 Å². The molecule has 0 spiro atoms. The highest BCUT2D eigenvalue weighted by atomic mass is 35.5. The lowest BCUT2D eigenvalue weighted by molar-refractivity contribution is -0.147. The maximum Gasteiger partial charge on any atom is 0.323 e. The molecule has 1 aliphatic rings. The molecule has 0 aliphatic carbocycles. The van der Waals surface area contributed by atoms with Gasteiger partial charge in [-0.1, -0.05) is 6.92 Å². The molecule has 0 aromatic carbocycles. The fraction of sp³-hybridized carbons (Fsp3) is 0.900. The first-order valence-electron chi connectivity index (χ1n) is 5.24. The summed E-state index contributed by atoms with van der Waals surface area (Å²) < 4.78 is 4.79. The minimum Gasteiger partial charge on any atom is -0.468 e. The molecule has 1 rings (SSSR count). The number of carbonyl (C=O) groups is 1. The molecule has 1 saturated heterocycles. The summed E-state index contributed by atoms with van der Waals surface area (Å²) in [5.41, 5.74) is 0. The van der Waals surface area contributed by atoms with Crippen LogP contribution in [0.4, 0.5) is 0 Å². The highest BCUT2D eigenvalue weighted by Gasteiger charge is 2.27. The first-order chi connectivity index (χ1) is 6.69. The molecule has 0 aromatic rings. The van der Waals surface area contributed by atoms with Crippen LogP contribution < -0.4 is 5.32 Å². The third-order valence-electron chi connectivity index (χ3n) is 2.70. The smallest absolute Gasteiger partial charge is 0.323 e. The molecule has 0 amide bonds. The first-order valence-corrected chi connectivity index (χ1v) is 5.24. The van der Waals surface area contributed by atoms with E-state index in [-0.39, 0.29) is 36.8 Å². The van der Waals surface area contributed by atoms with E-state index < -0.39 is 0 Å². The van der Waals surface area contributed by atoms with Gasteiger partial charge in [0.2, 0.25) is 0 Å². The van der Waals surface area contributed by atoms with E-state index in [1.807, 2.05) is 6.92 Å². The van der Waals surface area contributed by atoms with Gasteiger partial charge in [0.05, 0.1) is 7.11 Å². The number of carbonyl (C=O) groups excluding carboxylic acids is 1. The Kier molecular flexibility index (Phi) is 10.4. The maximum atomic E-state index is 11.5. The molecule has 0 bridgehead atoms. The van der Waals surface area contributed by atoms with Gasteiger partial charge in [-0.25, -0.2) is 0 Å². The van der Waals surface area contributed by atoms with Gasteiger partial charge in [0, 0.05) is 25.7 Å². The van der Waals surface area contributed by atoms with Crippen molar-refractivity contribution in [2.45, 2.75) is 32.4 Å². The van der Waals surface area contributed by atoms with E-state index in [4.69, 9.17) is 4.74 Å². The van der Waals surface area contributed by atoms with E-state index in [1.165, 1.54) is 7.11 Å². The van der Waals surface area contributed by atoms with Crippen LogP contribution in [0.15, 0.2) is 0 Å². The molecular formula is C10H22Cl2N2O2. The van der Waals surface area contributed by atoms with Crippen molar-refractivity contribution in [1.82, 2.24) is 10.2 Å². The fourth-order valence-corrected chi connectivity index (χ4v) is 1.96. The average Bonchev–Trinajstić information content (AvgIpc) is 2.19. The number of hydrogen-bond acceptors (Lipinski definition) is 4. The van der Waals surface area contributed by atoms with Crippen LogP contribution in [-0.4, -0.2) is 49.7 Å². The van der Waals surface area contributed by atoms with Gasteiger partial charge < -0.3 is 10.1 Å². The monoisotopic (exact) mass is 272 g/mol. The summed E-state index contributed by atoms with van der Waals surface area (Å²) in [5.74, 6) is -0.110. The Bertz CT molecular complexity index is 205. The van der Waals surface area contributed by atoms with E-state index in [0.29, 0.717) is 6.04 Å². The molecule has 16 heavy (non-hydrogen) atoms. The standard InChI is InChI=1S/C10H20N2O2.2ClH/c1-4-9(10(13)14-3)12-6-5-11-8(2)7-12;;/h8-9,11H,4-7H2,1-3H3;2*1H/t8-,9?;;/m1../s1.